The summed E-state index contributed by atoms with van der Waals surface area (Å²) in [5.74, 6) is 0.799. The van der Waals surface area contributed by atoms with E-state index in [1.54, 1.807) is 11.3 Å². The number of nitrogens with zero attached hydrogens (tertiary/aromatic N) is 1. The first-order valence-corrected chi connectivity index (χ1v) is 6.85. The first kappa shape index (κ1) is 12.1. The number of thiazole rings is 1. The number of hydrogen-bond acceptors (Lipinski definition) is 3. The molecule has 0 bridgehead atoms. The zero-order valence-corrected chi connectivity index (χ0v) is 11.7. The number of aryl methyl sites for hydroxylation is 1. The molecule has 1 heterocycles. The molecule has 0 aromatic carbocycles. The Labute approximate surface area is 102 Å². The van der Waals surface area contributed by atoms with Gasteiger partial charge in [-0.1, -0.05) is 27.7 Å². The molecule has 0 saturated heterocycles. The molecule has 1 aliphatic carbocycles. The highest BCUT2D eigenvalue weighted by molar-refractivity contribution is 7.09. The van der Waals surface area contributed by atoms with Crippen molar-refractivity contribution in [2.45, 2.75) is 41.2 Å². The normalized spacial score (nSPS) is 22.3. The molecular weight excluding hydrogens is 216 g/mol. The van der Waals surface area contributed by atoms with E-state index in [1.807, 2.05) is 5.51 Å². The third kappa shape index (κ3) is 1.80. The molecule has 90 valence electrons. The van der Waals surface area contributed by atoms with Crippen LogP contribution in [0.4, 0.5) is 0 Å². The predicted molar refractivity (Wildman–Crippen MR) is 69.6 cm³/mol. The highest BCUT2D eigenvalue weighted by atomic mass is 32.1. The van der Waals surface area contributed by atoms with Crippen molar-refractivity contribution >= 4 is 11.3 Å². The molecule has 2 rings (SSSR count). The largest absolute Gasteiger partial charge is 0.311 e. The number of hydrogen-bond donors (Lipinski definition) is 1. The van der Waals surface area contributed by atoms with Crippen LogP contribution in [0.25, 0.3) is 0 Å². The molecule has 0 spiro atoms. The van der Waals surface area contributed by atoms with E-state index in [1.165, 1.54) is 10.6 Å². The van der Waals surface area contributed by atoms with Gasteiger partial charge in [-0.25, -0.2) is 4.98 Å². The molecule has 1 N–H and O–H groups in total. The van der Waals surface area contributed by atoms with Gasteiger partial charge < -0.3 is 5.32 Å². The summed E-state index contributed by atoms with van der Waals surface area (Å²) in [6, 6.07) is 0. The summed E-state index contributed by atoms with van der Waals surface area (Å²) < 4.78 is 0. The fourth-order valence-electron chi connectivity index (χ4n) is 2.67. The summed E-state index contributed by atoms with van der Waals surface area (Å²) >= 11 is 1.75. The van der Waals surface area contributed by atoms with E-state index < -0.39 is 0 Å². The van der Waals surface area contributed by atoms with Gasteiger partial charge in [-0.15, -0.1) is 11.3 Å². The zero-order valence-electron chi connectivity index (χ0n) is 10.9. The summed E-state index contributed by atoms with van der Waals surface area (Å²) in [5.41, 5.74) is 4.08. The zero-order chi connectivity index (χ0) is 12.0. The van der Waals surface area contributed by atoms with Gasteiger partial charge in [0.15, 0.2) is 0 Å². The summed E-state index contributed by atoms with van der Waals surface area (Å²) in [7, 11) is 0. The first-order valence-electron chi connectivity index (χ1n) is 5.97. The average Bonchev–Trinajstić information content (AvgIpc) is 2.52. The molecule has 0 atom stereocenters. The van der Waals surface area contributed by atoms with Crippen LogP contribution in [0.3, 0.4) is 0 Å². The van der Waals surface area contributed by atoms with Crippen LogP contribution >= 0.6 is 11.3 Å². The number of rotatable bonds is 4. The molecule has 1 aromatic heterocycles. The molecule has 1 saturated carbocycles. The minimum absolute atomic E-state index is 0.489. The van der Waals surface area contributed by atoms with Gasteiger partial charge in [0.25, 0.3) is 0 Å². The van der Waals surface area contributed by atoms with E-state index in [9.17, 15) is 0 Å². The maximum Gasteiger partial charge on any atom is 0.0798 e. The molecule has 1 aromatic rings. The quantitative estimate of drug-likeness (QED) is 0.871. The Hall–Kier alpha value is -0.410. The Bertz CT molecular complexity index is 365. The summed E-state index contributed by atoms with van der Waals surface area (Å²) in [4.78, 5) is 5.64. The lowest BCUT2D eigenvalue weighted by Gasteiger charge is -2.04. The Kier molecular flexibility index (Phi) is 2.87. The molecule has 3 heteroatoms. The van der Waals surface area contributed by atoms with E-state index >= 15 is 0 Å². The van der Waals surface area contributed by atoms with Crippen molar-refractivity contribution in [2.75, 3.05) is 6.54 Å². The van der Waals surface area contributed by atoms with Crippen LogP contribution < -0.4 is 5.32 Å². The number of nitrogens with one attached hydrogen (secondary N) is 1. The molecule has 1 fully saturated rings. The Morgan fingerprint density at radius 2 is 1.94 bits per heavy atom. The number of aromatic nitrogens is 1. The van der Waals surface area contributed by atoms with Crippen molar-refractivity contribution in [2.24, 2.45) is 16.7 Å². The van der Waals surface area contributed by atoms with Gasteiger partial charge in [0.05, 0.1) is 11.2 Å². The summed E-state index contributed by atoms with van der Waals surface area (Å²) in [6.45, 7) is 13.7. The van der Waals surface area contributed by atoms with Crippen molar-refractivity contribution < 1.29 is 0 Å². The van der Waals surface area contributed by atoms with Crippen LogP contribution in [0.15, 0.2) is 5.51 Å². The van der Waals surface area contributed by atoms with Gasteiger partial charge in [0.1, 0.15) is 0 Å². The van der Waals surface area contributed by atoms with Crippen LogP contribution in [-0.2, 0) is 6.54 Å². The lowest BCUT2D eigenvalue weighted by Crippen LogP contribution is -2.18. The van der Waals surface area contributed by atoms with E-state index in [-0.39, 0.29) is 0 Å². The van der Waals surface area contributed by atoms with Gasteiger partial charge in [-0.3, -0.25) is 0 Å². The van der Waals surface area contributed by atoms with Gasteiger partial charge in [0.2, 0.25) is 0 Å². The molecule has 2 nitrogen and oxygen atoms in total. The molecule has 0 unspecified atom stereocenters. The fourth-order valence-corrected chi connectivity index (χ4v) is 3.42. The van der Waals surface area contributed by atoms with Gasteiger partial charge in [0, 0.05) is 11.4 Å². The van der Waals surface area contributed by atoms with Crippen molar-refractivity contribution in [3.05, 3.63) is 16.1 Å². The van der Waals surface area contributed by atoms with Crippen LogP contribution in [0.2, 0.25) is 0 Å². The van der Waals surface area contributed by atoms with Crippen molar-refractivity contribution in [3.63, 3.8) is 0 Å². The van der Waals surface area contributed by atoms with Gasteiger partial charge in [-0.05, 0) is 30.2 Å². The van der Waals surface area contributed by atoms with Crippen molar-refractivity contribution in [1.82, 2.24) is 10.3 Å². The topological polar surface area (TPSA) is 24.9 Å². The second-order valence-corrected chi connectivity index (χ2v) is 6.93. The van der Waals surface area contributed by atoms with Crippen molar-refractivity contribution in [3.8, 4) is 0 Å². The highest BCUT2D eigenvalue weighted by Crippen LogP contribution is 2.67. The van der Waals surface area contributed by atoms with E-state index in [2.05, 4.69) is 44.9 Å². The smallest absolute Gasteiger partial charge is 0.0798 e. The van der Waals surface area contributed by atoms with Crippen LogP contribution in [0.5, 0.6) is 0 Å². The van der Waals surface area contributed by atoms with Crippen molar-refractivity contribution in [1.29, 1.82) is 0 Å². The third-order valence-electron chi connectivity index (χ3n) is 4.80. The highest BCUT2D eigenvalue weighted by Gasteiger charge is 2.63. The molecule has 0 aliphatic heterocycles. The average molecular weight is 238 g/mol. The maximum atomic E-state index is 4.27. The standard InChI is InChI=1S/C13H22N2S/c1-9-10(16-8-15-9)6-14-7-11-12(2,3)13(11,4)5/h8,11,14H,6-7H2,1-5H3. The molecule has 16 heavy (non-hydrogen) atoms. The monoisotopic (exact) mass is 238 g/mol. The molecule has 1 aliphatic rings. The fraction of sp³-hybridized carbons (Fsp3) is 0.769. The van der Waals surface area contributed by atoms with E-state index in [0.29, 0.717) is 10.8 Å². The van der Waals surface area contributed by atoms with E-state index in [4.69, 9.17) is 0 Å². The van der Waals surface area contributed by atoms with Crippen LogP contribution in [0.1, 0.15) is 38.3 Å². The first-order chi connectivity index (χ1) is 7.37. The lowest BCUT2D eigenvalue weighted by atomic mass is 10.0. The van der Waals surface area contributed by atoms with Gasteiger partial charge >= 0.3 is 0 Å². The Morgan fingerprint density at radius 3 is 2.38 bits per heavy atom. The van der Waals surface area contributed by atoms with E-state index in [0.717, 1.165) is 19.0 Å². The molecular formula is C13H22N2S. The van der Waals surface area contributed by atoms with Crippen LogP contribution in [0, 0.1) is 23.7 Å². The lowest BCUT2D eigenvalue weighted by molar-refractivity contribution is 0.457. The summed E-state index contributed by atoms with van der Waals surface area (Å²) in [5, 5.41) is 3.57. The summed E-state index contributed by atoms with van der Waals surface area (Å²) in [6.07, 6.45) is 0. The second-order valence-electron chi connectivity index (χ2n) is 5.99. The molecule has 0 amide bonds. The van der Waals surface area contributed by atoms with Crippen LogP contribution in [-0.4, -0.2) is 11.5 Å². The maximum absolute atomic E-state index is 4.27. The Morgan fingerprint density at radius 1 is 1.31 bits per heavy atom. The predicted octanol–water partition coefficient (Wildman–Crippen LogP) is 3.22. The third-order valence-corrected chi connectivity index (χ3v) is 5.73. The molecule has 0 radical (unpaired) electrons. The minimum atomic E-state index is 0.489. The second kappa shape index (κ2) is 3.81. The van der Waals surface area contributed by atoms with Gasteiger partial charge in [-0.2, -0.15) is 0 Å². The SMILES string of the molecule is Cc1ncsc1CNCC1C(C)(C)C1(C)C. The minimum Gasteiger partial charge on any atom is -0.311 e. The Balaban J connectivity index is 1.81.